The van der Waals surface area contributed by atoms with Gasteiger partial charge in [0.15, 0.2) is 12.0 Å². The van der Waals surface area contributed by atoms with Crippen LogP contribution in [0.2, 0.25) is 0 Å². The van der Waals surface area contributed by atoms with Gasteiger partial charge in [-0.1, -0.05) is 28.1 Å². The highest BCUT2D eigenvalue weighted by Gasteiger charge is 2.43. The lowest BCUT2D eigenvalue weighted by Crippen LogP contribution is -2.29. The number of furan rings is 1. The van der Waals surface area contributed by atoms with Crippen LogP contribution in [0.25, 0.3) is 11.0 Å². The molecule has 2 aromatic heterocycles. The molecule has 0 fully saturated rings. The van der Waals surface area contributed by atoms with E-state index in [0.717, 1.165) is 4.47 Å². The molecule has 2 amide bonds. The van der Waals surface area contributed by atoms with Crippen molar-refractivity contribution >= 4 is 38.7 Å². The van der Waals surface area contributed by atoms with Crippen molar-refractivity contribution in [2.75, 3.05) is 6.61 Å². The maximum atomic E-state index is 13.5. The topological polar surface area (TPSA) is 116 Å². The molecule has 0 saturated heterocycles. The van der Waals surface area contributed by atoms with Crippen LogP contribution in [0.1, 0.15) is 33.5 Å². The minimum Gasteiger partial charge on any atom is -0.484 e. The van der Waals surface area contributed by atoms with E-state index in [1.807, 2.05) is 0 Å². The summed E-state index contributed by atoms with van der Waals surface area (Å²) >= 11 is 3.39. The zero-order chi connectivity index (χ0) is 23.1. The second-order valence-electron chi connectivity index (χ2n) is 7.55. The zero-order valence-corrected chi connectivity index (χ0v) is 18.7. The number of rotatable bonds is 6. The predicted octanol–water partition coefficient (Wildman–Crippen LogP) is 3.76. The number of halogens is 1. The van der Waals surface area contributed by atoms with Crippen LogP contribution in [0.5, 0.6) is 5.75 Å². The molecule has 4 aromatic rings. The highest BCUT2D eigenvalue weighted by Crippen LogP contribution is 2.39. The SMILES string of the molecule is NC(=O)COc1ccc(C2c3c(oc4ccc(Br)cc4c3=O)C(=O)N2Cc2ccco2)cc1. The number of carbonyl (C=O) groups excluding carboxylic acids is 2. The Bertz CT molecular complexity index is 1430. The van der Waals surface area contributed by atoms with Gasteiger partial charge < -0.3 is 24.2 Å². The average Bonchev–Trinajstić information content (AvgIpc) is 3.41. The molecular formula is C24H17BrN2O6. The van der Waals surface area contributed by atoms with E-state index in [2.05, 4.69) is 15.9 Å². The number of carbonyl (C=O) groups is 2. The van der Waals surface area contributed by atoms with Crippen molar-refractivity contribution in [3.8, 4) is 5.75 Å². The third-order valence-corrected chi connectivity index (χ3v) is 5.90. The number of hydrogen-bond donors (Lipinski definition) is 1. The van der Waals surface area contributed by atoms with E-state index in [0.29, 0.717) is 28.0 Å². The molecule has 3 heterocycles. The van der Waals surface area contributed by atoms with Gasteiger partial charge in [0.25, 0.3) is 11.8 Å². The number of amides is 2. The van der Waals surface area contributed by atoms with Crippen molar-refractivity contribution in [3.05, 3.63) is 98.2 Å². The van der Waals surface area contributed by atoms with E-state index in [4.69, 9.17) is 19.3 Å². The predicted molar refractivity (Wildman–Crippen MR) is 122 cm³/mol. The highest BCUT2D eigenvalue weighted by molar-refractivity contribution is 9.10. The fourth-order valence-corrected chi connectivity index (χ4v) is 4.33. The van der Waals surface area contributed by atoms with Gasteiger partial charge in [-0.05, 0) is 48.0 Å². The fraction of sp³-hybridized carbons (Fsp3) is 0.125. The Morgan fingerprint density at radius 3 is 2.61 bits per heavy atom. The molecule has 8 nitrogen and oxygen atoms in total. The van der Waals surface area contributed by atoms with E-state index in [-0.39, 0.29) is 29.9 Å². The molecule has 1 aliphatic rings. The number of primary amides is 1. The summed E-state index contributed by atoms with van der Waals surface area (Å²) in [7, 11) is 0. The first-order valence-corrected chi connectivity index (χ1v) is 10.8. The van der Waals surface area contributed by atoms with E-state index < -0.39 is 17.9 Å². The van der Waals surface area contributed by atoms with Crippen LogP contribution >= 0.6 is 15.9 Å². The zero-order valence-electron chi connectivity index (χ0n) is 17.1. The quantitative estimate of drug-likeness (QED) is 0.423. The second kappa shape index (κ2) is 8.25. The summed E-state index contributed by atoms with van der Waals surface area (Å²) in [6.45, 7) is -0.0979. The third kappa shape index (κ3) is 3.80. The number of fused-ring (bicyclic) bond motifs is 2. The molecule has 0 bridgehead atoms. The number of benzene rings is 2. The van der Waals surface area contributed by atoms with Crippen LogP contribution < -0.4 is 15.9 Å². The summed E-state index contributed by atoms with van der Waals surface area (Å²) in [6.07, 6.45) is 1.53. The first kappa shape index (κ1) is 21.0. The van der Waals surface area contributed by atoms with Gasteiger partial charge in [-0.3, -0.25) is 14.4 Å². The number of nitrogens with two attached hydrogens (primary N) is 1. The summed E-state index contributed by atoms with van der Waals surface area (Å²) in [6, 6.07) is 14.7. The van der Waals surface area contributed by atoms with Crippen LogP contribution in [0, 0.1) is 0 Å². The van der Waals surface area contributed by atoms with Gasteiger partial charge in [0.1, 0.15) is 17.1 Å². The Morgan fingerprint density at radius 1 is 1.12 bits per heavy atom. The van der Waals surface area contributed by atoms with Gasteiger partial charge in [-0.15, -0.1) is 0 Å². The van der Waals surface area contributed by atoms with Gasteiger partial charge in [-0.25, -0.2) is 0 Å². The summed E-state index contributed by atoms with van der Waals surface area (Å²) in [5.41, 5.74) is 6.14. The molecule has 0 spiro atoms. The van der Waals surface area contributed by atoms with Crippen molar-refractivity contribution in [1.29, 1.82) is 0 Å². The molecule has 1 unspecified atom stereocenters. The van der Waals surface area contributed by atoms with E-state index in [9.17, 15) is 14.4 Å². The van der Waals surface area contributed by atoms with E-state index in [1.54, 1.807) is 59.5 Å². The maximum absolute atomic E-state index is 13.5. The first-order valence-electron chi connectivity index (χ1n) is 10.0. The standard InChI is InChI=1S/C24H17BrN2O6/c25-14-5-8-18-17(10-14)22(29)20-21(13-3-6-15(7-4-13)32-12-19(26)28)27(24(30)23(20)33-18)11-16-2-1-9-31-16/h1-10,21H,11-12H2,(H2,26,28). The molecule has 9 heteroatoms. The Labute approximate surface area is 195 Å². The minimum absolute atomic E-state index is 0.0143. The van der Waals surface area contributed by atoms with Crippen LogP contribution in [0.4, 0.5) is 0 Å². The molecule has 1 atom stereocenters. The van der Waals surface area contributed by atoms with Crippen molar-refractivity contribution in [1.82, 2.24) is 4.90 Å². The lowest BCUT2D eigenvalue weighted by atomic mass is 9.98. The fourth-order valence-electron chi connectivity index (χ4n) is 3.97. The summed E-state index contributed by atoms with van der Waals surface area (Å²) in [4.78, 5) is 39.4. The van der Waals surface area contributed by atoms with Crippen LogP contribution in [-0.2, 0) is 11.3 Å². The number of hydrogen-bond acceptors (Lipinski definition) is 6. The monoisotopic (exact) mass is 508 g/mol. The average molecular weight is 509 g/mol. The first-order chi connectivity index (χ1) is 15.9. The van der Waals surface area contributed by atoms with Crippen LogP contribution in [-0.4, -0.2) is 23.3 Å². The second-order valence-corrected chi connectivity index (χ2v) is 8.47. The molecule has 2 N–H and O–H groups in total. The van der Waals surface area contributed by atoms with Crippen molar-refractivity contribution in [2.45, 2.75) is 12.6 Å². The molecule has 166 valence electrons. The van der Waals surface area contributed by atoms with Crippen LogP contribution in [0.3, 0.4) is 0 Å². The lowest BCUT2D eigenvalue weighted by Gasteiger charge is -2.24. The third-order valence-electron chi connectivity index (χ3n) is 5.41. The van der Waals surface area contributed by atoms with Crippen LogP contribution in [0.15, 0.2) is 79.0 Å². The Balaban J connectivity index is 1.64. The highest BCUT2D eigenvalue weighted by atomic mass is 79.9. The summed E-state index contributed by atoms with van der Waals surface area (Å²) < 4.78 is 17.4. The summed E-state index contributed by atoms with van der Waals surface area (Å²) in [5.74, 6) is 0.0361. The van der Waals surface area contributed by atoms with Crippen molar-refractivity contribution in [2.24, 2.45) is 5.73 Å². The molecule has 0 radical (unpaired) electrons. The number of nitrogens with zero attached hydrogens (tertiary/aromatic N) is 1. The Kier molecular flexibility index (Phi) is 5.26. The molecular weight excluding hydrogens is 492 g/mol. The molecule has 5 rings (SSSR count). The van der Waals surface area contributed by atoms with Gasteiger partial charge in [0, 0.05) is 4.47 Å². The van der Waals surface area contributed by atoms with Gasteiger partial charge >= 0.3 is 0 Å². The number of ether oxygens (including phenoxy) is 1. The van der Waals surface area contributed by atoms with Crippen molar-refractivity contribution in [3.63, 3.8) is 0 Å². The van der Waals surface area contributed by atoms with E-state index in [1.165, 1.54) is 6.26 Å². The van der Waals surface area contributed by atoms with E-state index >= 15 is 0 Å². The summed E-state index contributed by atoms with van der Waals surface area (Å²) in [5, 5.41) is 0.377. The largest absolute Gasteiger partial charge is 0.484 e. The molecule has 1 aliphatic heterocycles. The maximum Gasteiger partial charge on any atom is 0.291 e. The Hall–Kier alpha value is -3.85. The molecule has 0 saturated carbocycles. The van der Waals surface area contributed by atoms with Gasteiger partial charge in [-0.2, -0.15) is 0 Å². The lowest BCUT2D eigenvalue weighted by molar-refractivity contribution is -0.119. The molecule has 2 aromatic carbocycles. The molecule has 33 heavy (non-hydrogen) atoms. The minimum atomic E-state index is -0.692. The van der Waals surface area contributed by atoms with Gasteiger partial charge in [0.2, 0.25) is 5.76 Å². The smallest absolute Gasteiger partial charge is 0.291 e. The molecule has 0 aliphatic carbocycles. The van der Waals surface area contributed by atoms with Crippen molar-refractivity contribution < 1.29 is 23.2 Å². The normalized spacial score (nSPS) is 15.1. The Morgan fingerprint density at radius 2 is 1.91 bits per heavy atom. The van der Waals surface area contributed by atoms with Gasteiger partial charge in [0.05, 0.1) is 29.8 Å².